The molecule has 0 aliphatic heterocycles. The number of benzene rings is 11. The lowest BCUT2D eigenvalue weighted by Crippen LogP contribution is -2.09. The van der Waals surface area contributed by atoms with Crippen molar-refractivity contribution in [1.82, 2.24) is 19.5 Å². The SMILES string of the molecule is c1ccc(-c2nc(-c3ccccc3)nc(-c3c(-c4ccccc4)c(-c4ccccc4)c(-n4c5cc6ccccc6cc5c5c6ccccc6ccc54)c(-c4ccccc4)c3-c3ccccc3)n2)cc1. The summed E-state index contributed by atoms with van der Waals surface area (Å²) in [5.41, 5.74) is 14.5. The third-order valence-corrected chi connectivity index (χ3v) is 13.4. The van der Waals surface area contributed by atoms with Gasteiger partial charge < -0.3 is 4.57 Å². The van der Waals surface area contributed by atoms with Gasteiger partial charge in [0, 0.05) is 49.7 Å². The monoisotopic (exact) mass is 878 g/mol. The van der Waals surface area contributed by atoms with Crippen LogP contribution in [0, 0.1) is 0 Å². The van der Waals surface area contributed by atoms with Gasteiger partial charge in [-0.1, -0.05) is 237 Å². The molecule has 69 heavy (non-hydrogen) atoms. The fraction of sp³-hybridized carbons (Fsp3) is 0. The summed E-state index contributed by atoms with van der Waals surface area (Å²) in [6.07, 6.45) is 0. The van der Waals surface area contributed by atoms with E-state index in [2.05, 4.69) is 223 Å². The highest BCUT2D eigenvalue weighted by Crippen LogP contribution is 2.55. The highest BCUT2D eigenvalue weighted by molar-refractivity contribution is 6.24. The first-order valence-electron chi connectivity index (χ1n) is 23.4. The van der Waals surface area contributed by atoms with Gasteiger partial charge in [-0.15, -0.1) is 0 Å². The lowest BCUT2D eigenvalue weighted by atomic mass is 9.79. The first kappa shape index (κ1) is 40.1. The molecule has 4 heteroatoms. The minimum Gasteiger partial charge on any atom is -0.308 e. The zero-order valence-corrected chi connectivity index (χ0v) is 37.5. The van der Waals surface area contributed by atoms with Crippen LogP contribution >= 0.6 is 0 Å². The molecule has 0 saturated carbocycles. The summed E-state index contributed by atoms with van der Waals surface area (Å²) >= 11 is 0. The van der Waals surface area contributed by atoms with Crippen LogP contribution in [0.2, 0.25) is 0 Å². The fourth-order valence-corrected chi connectivity index (χ4v) is 10.4. The van der Waals surface area contributed by atoms with Crippen molar-refractivity contribution in [2.45, 2.75) is 0 Å². The average Bonchev–Trinajstić information content (AvgIpc) is 3.76. The standard InChI is InChI=1S/C65H42N4/c1-7-24-44(25-8-1)56-58(46-28-11-3-12-29-46)62(69-54-40-39-43-23-21-22-38-52(43)60(54)53-41-50-36-19-20-37-51(50)42-55(53)69)59(47-30-13-4-14-31-47)57(45-26-9-2-10-27-45)61(56)65-67-63(48-32-15-5-16-33-48)66-64(68-65)49-34-17-6-18-35-49/h1-42H. The predicted molar refractivity (Wildman–Crippen MR) is 287 cm³/mol. The van der Waals surface area contributed by atoms with E-state index in [-0.39, 0.29) is 0 Å². The van der Waals surface area contributed by atoms with Crippen molar-refractivity contribution in [1.29, 1.82) is 0 Å². The Bertz CT molecular complexity index is 3860. The van der Waals surface area contributed by atoms with Crippen molar-refractivity contribution >= 4 is 43.4 Å². The molecule has 13 rings (SSSR count). The molecular weight excluding hydrogens is 837 g/mol. The van der Waals surface area contributed by atoms with Gasteiger partial charge in [0.15, 0.2) is 17.5 Å². The van der Waals surface area contributed by atoms with E-state index < -0.39 is 0 Å². The second-order valence-electron chi connectivity index (χ2n) is 17.5. The molecule has 4 nitrogen and oxygen atoms in total. The quantitative estimate of drug-likeness (QED) is 0.153. The first-order chi connectivity index (χ1) is 34.3. The van der Waals surface area contributed by atoms with E-state index in [1.54, 1.807) is 0 Å². The lowest BCUT2D eigenvalue weighted by Gasteiger charge is -2.29. The van der Waals surface area contributed by atoms with E-state index in [0.29, 0.717) is 17.5 Å². The van der Waals surface area contributed by atoms with Crippen molar-refractivity contribution in [3.05, 3.63) is 255 Å². The highest BCUT2D eigenvalue weighted by Gasteiger charge is 2.33. The third-order valence-electron chi connectivity index (χ3n) is 13.4. The Morgan fingerprint density at radius 2 is 0.623 bits per heavy atom. The van der Waals surface area contributed by atoms with Gasteiger partial charge in [0.1, 0.15) is 0 Å². The van der Waals surface area contributed by atoms with Crippen LogP contribution in [0.3, 0.4) is 0 Å². The van der Waals surface area contributed by atoms with E-state index in [4.69, 9.17) is 15.0 Å². The van der Waals surface area contributed by atoms with E-state index in [0.717, 1.165) is 77.9 Å². The van der Waals surface area contributed by atoms with Crippen LogP contribution < -0.4 is 0 Å². The summed E-state index contributed by atoms with van der Waals surface area (Å²) < 4.78 is 2.56. The molecular formula is C65H42N4. The van der Waals surface area contributed by atoms with Gasteiger partial charge in [-0.05, 0) is 62.0 Å². The van der Waals surface area contributed by atoms with Crippen molar-refractivity contribution in [2.24, 2.45) is 0 Å². The van der Waals surface area contributed by atoms with Crippen LogP contribution in [-0.2, 0) is 0 Å². The number of rotatable bonds is 8. The van der Waals surface area contributed by atoms with E-state index >= 15 is 0 Å². The van der Waals surface area contributed by atoms with Crippen molar-refractivity contribution < 1.29 is 0 Å². The molecule has 11 aromatic carbocycles. The van der Waals surface area contributed by atoms with Gasteiger partial charge in [-0.25, -0.2) is 15.0 Å². The molecule has 0 N–H and O–H groups in total. The van der Waals surface area contributed by atoms with Crippen molar-refractivity contribution in [3.63, 3.8) is 0 Å². The summed E-state index contributed by atoms with van der Waals surface area (Å²) in [5, 5.41) is 7.21. The van der Waals surface area contributed by atoms with Gasteiger partial charge in [0.2, 0.25) is 0 Å². The van der Waals surface area contributed by atoms with Crippen LogP contribution in [0.5, 0.6) is 0 Å². The Morgan fingerprint density at radius 3 is 1.10 bits per heavy atom. The van der Waals surface area contributed by atoms with Crippen LogP contribution in [0.4, 0.5) is 0 Å². The fourth-order valence-electron chi connectivity index (χ4n) is 10.4. The average molecular weight is 879 g/mol. The van der Waals surface area contributed by atoms with Gasteiger partial charge in [-0.3, -0.25) is 0 Å². The van der Waals surface area contributed by atoms with Crippen molar-refractivity contribution in [2.75, 3.05) is 0 Å². The van der Waals surface area contributed by atoms with E-state index in [1.807, 2.05) is 36.4 Å². The minimum atomic E-state index is 0.584. The smallest absolute Gasteiger partial charge is 0.165 e. The summed E-state index contributed by atoms with van der Waals surface area (Å²) in [5.74, 6) is 1.79. The lowest BCUT2D eigenvalue weighted by molar-refractivity contribution is 1.07. The molecule has 0 atom stereocenters. The Hall–Kier alpha value is -9.25. The number of hydrogen-bond acceptors (Lipinski definition) is 3. The Kier molecular flexibility index (Phi) is 9.80. The second-order valence-corrected chi connectivity index (χ2v) is 17.5. The molecule has 0 radical (unpaired) electrons. The maximum absolute atomic E-state index is 5.57. The zero-order chi connectivity index (χ0) is 45.7. The Labute approximate surface area is 400 Å². The largest absolute Gasteiger partial charge is 0.308 e. The van der Waals surface area contributed by atoms with Gasteiger partial charge >= 0.3 is 0 Å². The third kappa shape index (κ3) is 6.89. The van der Waals surface area contributed by atoms with Crippen LogP contribution in [-0.4, -0.2) is 19.5 Å². The molecule has 2 aromatic heterocycles. The van der Waals surface area contributed by atoms with Crippen molar-refractivity contribution in [3.8, 4) is 84.4 Å². The first-order valence-corrected chi connectivity index (χ1v) is 23.4. The summed E-state index contributed by atoms with van der Waals surface area (Å²) in [6.45, 7) is 0. The van der Waals surface area contributed by atoms with E-state index in [1.165, 1.54) is 32.3 Å². The number of aromatic nitrogens is 4. The van der Waals surface area contributed by atoms with E-state index in [9.17, 15) is 0 Å². The normalized spacial score (nSPS) is 11.5. The highest BCUT2D eigenvalue weighted by atomic mass is 15.0. The Balaban J connectivity index is 1.32. The zero-order valence-electron chi connectivity index (χ0n) is 37.5. The molecule has 0 bridgehead atoms. The second kappa shape index (κ2) is 16.9. The molecule has 13 aromatic rings. The molecule has 0 spiro atoms. The van der Waals surface area contributed by atoms with Crippen LogP contribution in [0.15, 0.2) is 255 Å². The maximum Gasteiger partial charge on any atom is 0.165 e. The summed E-state index contributed by atoms with van der Waals surface area (Å²) in [4.78, 5) is 16.4. The van der Waals surface area contributed by atoms with Gasteiger partial charge in [0.25, 0.3) is 0 Å². The number of fused-ring (bicyclic) bond motifs is 6. The Morgan fingerprint density at radius 1 is 0.246 bits per heavy atom. The molecule has 0 amide bonds. The summed E-state index contributed by atoms with van der Waals surface area (Å²) in [6, 6.07) is 90.9. The molecule has 0 saturated heterocycles. The van der Waals surface area contributed by atoms with Gasteiger partial charge in [0.05, 0.1) is 16.7 Å². The number of hydrogen-bond donors (Lipinski definition) is 0. The molecule has 2 heterocycles. The molecule has 0 aliphatic rings. The number of nitrogens with zero attached hydrogens (tertiary/aromatic N) is 4. The minimum absolute atomic E-state index is 0.584. The molecule has 0 unspecified atom stereocenters. The molecule has 0 aliphatic carbocycles. The van der Waals surface area contributed by atoms with Crippen LogP contribution in [0.1, 0.15) is 0 Å². The maximum atomic E-state index is 5.57. The topological polar surface area (TPSA) is 43.6 Å². The molecule has 322 valence electrons. The predicted octanol–water partition coefficient (Wildman–Crippen LogP) is 16.9. The summed E-state index contributed by atoms with van der Waals surface area (Å²) in [7, 11) is 0. The van der Waals surface area contributed by atoms with Crippen LogP contribution in [0.25, 0.3) is 128 Å². The van der Waals surface area contributed by atoms with Gasteiger partial charge in [-0.2, -0.15) is 0 Å². The molecule has 0 fully saturated rings.